The van der Waals surface area contributed by atoms with E-state index >= 15 is 0 Å². The molecule has 0 saturated carbocycles. The SMILES string of the molecule is O=C(O)C=Cc1cccc2c1N(Cc1ccc(Cl)cc1Cl)C(=O)C2(F)F. The second kappa shape index (κ2) is 6.70. The molecule has 0 bridgehead atoms. The van der Waals surface area contributed by atoms with Gasteiger partial charge < -0.3 is 10.0 Å². The van der Waals surface area contributed by atoms with Crippen molar-refractivity contribution in [1.29, 1.82) is 0 Å². The van der Waals surface area contributed by atoms with Gasteiger partial charge in [-0.1, -0.05) is 47.5 Å². The van der Waals surface area contributed by atoms with E-state index in [1.54, 1.807) is 12.1 Å². The first-order chi connectivity index (χ1) is 12.2. The number of hydrogen-bond donors (Lipinski definition) is 1. The number of halogens is 4. The molecule has 26 heavy (non-hydrogen) atoms. The van der Waals surface area contributed by atoms with Crippen LogP contribution < -0.4 is 4.90 Å². The van der Waals surface area contributed by atoms with Crippen molar-refractivity contribution in [2.24, 2.45) is 0 Å². The molecular formula is C18H11Cl2F2NO3. The van der Waals surface area contributed by atoms with Crippen LogP contribution in [0.25, 0.3) is 6.08 Å². The zero-order chi connectivity index (χ0) is 19.1. The predicted octanol–water partition coefficient (Wildman–Crippen LogP) is 4.73. The Hall–Kier alpha value is -2.44. The molecule has 0 spiro atoms. The second-order valence-electron chi connectivity index (χ2n) is 5.62. The number of nitrogens with zero attached hydrogens (tertiary/aromatic N) is 1. The van der Waals surface area contributed by atoms with Crippen LogP contribution in [0.15, 0.2) is 42.5 Å². The van der Waals surface area contributed by atoms with Gasteiger partial charge in [0.25, 0.3) is 0 Å². The lowest BCUT2D eigenvalue weighted by molar-refractivity contribution is -0.141. The van der Waals surface area contributed by atoms with Crippen molar-refractivity contribution in [1.82, 2.24) is 0 Å². The van der Waals surface area contributed by atoms with Crippen molar-refractivity contribution in [3.8, 4) is 0 Å². The standard InChI is InChI=1S/C18H11Cl2F2NO3/c19-12-6-4-11(14(20)8-12)9-23-16-10(5-7-15(24)25)2-1-3-13(16)18(21,22)17(23)26/h1-8H,9H2,(H,24,25). The zero-order valence-corrected chi connectivity index (χ0v) is 14.6. The van der Waals surface area contributed by atoms with Gasteiger partial charge in [-0.3, -0.25) is 4.79 Å². The summed E-state index contributed by atoms with van der Waals surface area (Å²) in [5.74, 6) is -6.33. The highest BCUT2D eigenvalue weighted by Crippen LogP contribution is 2.47. The number of anilines is 1. The molecule has 1 heterocycles. The van der Waals surface area contributed by atoms with E-state index in [9.17, 15) is 18.4 Å². The summed E-state index contributed by atoms with van der Waals surface area (Å²) in [6.07, 6.45) is 2.00. The number of amides is 1. The number of carbonyl (C=O) groups excluding carboxylic acids is 1. The molecule has 2 aromatic carbocycles. The molecule has 1 aliphatic rings. The minimum atomic E-state index is -3.71. The molecule has 0 atom stereocenters. The maximum Gasteiger partial charge on any atom is 0.352 e. The lowest BCUT2D eigenvalue weighted by Gasteiger charge is -2.20. The van der Waals surface area contributed by atoms with Gasteiger partial charge in [-0.25, -0.2) is 4.79 Å². The molecule has 1 amide bonds. The topological polar surface area (TPSA) is 57.6 Å². The van der Waals surface area contributed by atoms with Gasteiger partial charge in [0.15, 0.2) is 0 Å². The van der Waals surface area contributed by atoms with E-state index in [-0.39, 0.29) is 22.8 Å². The predicted molar refractivity (Wildman–Crippen MR) is 94.7 cm³/mol. The molecule has 0 aromatic heterocycles. The molecule has 4 nitrogen and oxygen atoms in total. The highest BCUT2D eigenvalue weighted by Gasteiger charge is 2.53. The lowest BCUT2D eigenvalue weighted by atomic mass is 10.0. The first-order valence-electron chi connectivity index (χ1n) is 7.40. The van der Waals surface area contributed by atoms with E-state index in [1.165, 1.54) is 24.3 Å². The third-order valence-corrected chi connectivity index (χ3v) is 4.53. The fourth-order valence-electron chi connectivity index (χ4n) is 2.77. The molecule has 0 fully saturated rings. The fraction of sp³-hybridized carbons (Fsp3) is 0.111. The molecule has 2 aromatic rings. The van der Waals surface area contributed by atoms with Gasteiger partial charge in [0.2, 0.25) is 0 Å². The number of rotatable bonds is 4. The van der Waals surface area contributed by atoms with Crippen LogP contribution in [0.1, 0.15) is 16.7 Å². The summed E-state index contributed by atoms with van der Waals surface area (Å²) in [7, 11) is 0. The van der Waals surface area contributed by atoms with Crippen molar-refractivity contribution >= 4 is 46.8 Å². The Kier molecular flexibility index (Phi) is 4.73. The summed E-state index contributed by atoms with van der Waals surface area (Å²) in [5.41, 5.74) is 0.122. The average molecular weight is 398 g/mol. The van der Waals surface area contributed by atoms with Crippen molar-refractivity contribution in [3.05, 3.63) is 69.2 Å². The highest BCUT2D eigenvalue weighted by molar-refractivity contribution is 6.35. The van der Waals surface area contributed by atoms with E-state index in [4.69, 9.17) is 28.3 Å². The number of aliphatic carboxylic acids is 1. The minimum absolute atomic E-state index is 0.0361. The van der Waals surface area contributed by atoms with Gasteiger partial charge in [-0.2, -0.15) is 8.78 Å². The number of alkyl halides is 2. The molecule has 134 valence electrons. The van der Waals surface area contributed by atoms with Crippen LogP contribution in [-0.2, 0) is 22.1 Å². The van der Waals surface area contributed by atoms with Crippen LogP contribution in [0.5, 0.6) is 0 Å². The first kappa shape index (κ1) is 18.4. The Morgan fingerprint density at radius 3 is 2.62 bits per heavy atom. The van der Waals surface area contributed by atoms with Gasteiger partial charge in [-0.05, 0) is 29.3 Å². The highest BCUT2D eigenvalue weighted by atomic mass is 35.5. The summed E-state index contributed by atoms with van der Waals surface area (Å²) in [5, 5.41) is 9.41. The number of para-hydroxylation sites is 1. The monoisotopic (exact) mass is 397 g/mol. The summed E-state index contributed by atoms with van der Waals surface area (Å²) in [4.78, 5) is 24.0. The Bertz CT molecular complexity index is 944. The van der Waals surface area contributed by atoms with Crippen LogP contribution >= 0.6 is 23.2 Å². The number of carboxylic acids is 1. The van der Waals surface area contributed by atoms with E-state index in [0.717, 1.165) is 17.0 Å². The van der Waals surface area contributed by atoms with E-state index in [0.29, 0.717) is 10.6 Å². The Morgan fingerprint density at radius 2 is 1.96 bits per heavy atom. The maximum absolute atomic E-state index is 14.4. The number of carbonyl (C=O) groups is 2. The van der Waals surface area contributed by atoms with E-state index in [1.807, 2.05) is 0 Å². The smallest absolute Gasteiger partial charge is 0.352 e. The molecule has 3 rings (SSSR count). The quantitative estimate of drug-likeness (QED) is 0.758. The third kappa shape index (κ3) is 3.18. The van der Waals surface area contributed by atoms with Crippen LogP contribution in [-0.4, -0.2) is 17.0 Å². The second-order valence-corrected chi connectivity index (χ2v) is 6.46. The molecule has 1 aliphatic heterocycles. The Morgan fingerprint density at radius 1 is 1.23 bits per heavy atom. The molecular weight excluding hydrogens is 387 g/mol. The minimum Gasteiger partial charge on any atom is -0.478 e. The molecule has 0 aliphatic carbocycles. The van der Waals surface area contributed by atoms with Gasteiger partial charge in [0.1, 0.15) is 0 Å². The molecule has 0 radical (unpaired) electrons. The number of fused-ring (bicyclic) bond motifs is 1. The summed E-state index contributed by atoms with van der Waals surface area (Å²) in [6, 6.07) is 8.50. The van der Waals surface area contributed by atoms with Crippen LogP contribution in [0.2, 0.25) is 10.0 Å². The van der Waals surface area contributed by atoms with Gasteiger partial charge in [0, 0.05) is 16.1 Å². The number of carboxylic acid groups (broad SMARTS) is 1. The largest absolute Gasteiger partial charge is 0.478 e. The van der Waals surface area contributed by atoms with Crippen molar-refractivity contribution in [3.63, 3.8) is 0 Å². The van der Waals surface area contributed by atoms with Gasteiger partial charge in [0.05, 0.1) is 17.8 Å². The first-order valence-corrected chi connectivity index (χ1v) is 8.15. The third-order valence-electron chi connectivity index (χ3n) is 3.94. The average Bonchev–Trinajstić information content (AvgIpc) is 2.76. The molecule has 0 unspecified atom stereocenters. The number of benzene rings is 2. The van der Waals surface area contributed by atoms with E-state index in [2.05, 4.69) is 0 Å². The summed E-state index contributed by atoms with van der Waals surface area (Å²) >= 11 is 11.9. The summed E-state index contributed by atoms with van der Waals surface area (Å²) in [6.45, 7) is -0.199. The van der Waals surface area contributed by atoms with Crippen LogP contribution in [0.4, 0.5) is 14.5 Å². The van der Waals surface area contributed by atoms with Crippen molar-refractivity contribution < 1.29 is 23.5 Å². The lowest BCUT2D eigenvalue weighted by Crippen LogP contribution is -2.34. The maximum atomic E-state index is 14.4. The normalized spacial score (nSPS) is 15.5. The van der Waals surface area contributed by atoms with Gasteiger partial charge >= 0.3 is 17.8 Å². The van der Waals surface area contributed by atoms with E-state index < -0.39 is 23.4 Å². The Balaban J connectivity index is 2.11. The fourth-order valence-corrected chi connectivity index (χ4v) is 3.24. The van der Waals surface area contributed by atoms with Crippen molar-refractivity contribution in [2.45, 2.75) is 12.5 Å². The van der Waals surface area contributed by atoms with Gasteiger partial charge in [-0.15, -0.1) is 0 Å². The molecule has 8 heteroatoms. The Labute approximate surface area is 157 Å². The molecule has 0 saturated heterocycles. The zero-order valence-electron chi connectivity index (χ0n) is 13.0. The van der Waals surface area contributed by atoms with Crippen LogP contribution in [0, 0.1) is 0 Å². The summed E-state index contributed by atoms with van der Waals surface area (Å²) < 4.78 is 28.9. The van der Waals surface area contributed by atoms with Crippen LogP contribution in [0.3, 0.4) is 0 Å². The number of hydrogen-bond acceptors (Lipinski definition) is 2. The molecule has 1 N–H and O–H groups in total. The van der Waals surface area contributed by atoms with Crippen molar-refractivity contribution in [2.75, 3.05) is 4.90 Å².